The molecule has 30 heavy (non-hydrogen) atoms. The molecule has 1 aromatic heterocycles. The molecular weight excluding hydrogens is 378 g/mol. The van der Waals surface area contributed by atoms with Gasteiger partial charge >= 0.3 is 5.97 Å². The van der Waals surface area contributed by atoms with Crippen molar-refractivity contribution < 1.29 is 14.6 Å². The molecular formula is C25H29NO4. The van der Waals surface area contributed by atoms with Crippen LogP contribution in [0.4, 0.5) is 0 Å². The molecule has 5 nitrogen and oxygen atoms in total. The zero-order valence-corrected chi connectivity index (χ0v) is 17.6. The molecule has 0 bridgehead atoms. The molecule has 0 aliphatic heterocycles. The summed E-state index contributed by atoms with van der Waals surface area (Å²) in [5.41, 5.74) is 0.933. The van der Waals surface area contributed by atoms with E-state index < -0.39 is 11.6 Å². The molecule has 0 spiro atoms. The molecule has 1 atom stereocenters. The van der Waals surface area contributed by atoms with E-state index in [0.29, 0.717) is 19.6 Å². The lowest BCUT2D eigenvalue weighted by Gasteiger charge is -2.25. The van der Waals surface area contributed by atoms with Crippen molar-refractivity contribution in [1.82, 2.24) is 4.57 Å². The second-order valence-corrected chi connectivity index (χ2v) is 7.88. The SMILES string of the molecule is CCCOC(C)(Cc1ccc(CCCn2ccc3ccccc3c2=O)cc1)C(=O)O. The van der Waals surface area contributed by atoms with E-state index in [1.807, 2.05) is 67.7 Å². The molecule has 0 fully saturated rings. The Bertz CT molecular complexity index is 1050. The summed E-state index contributed by atoms with van der Waals surface area (Å²) in [5.74, 6) is -0.944. The minimum Gasteiger partial charge on any atom is -0.479 e. The monoisotopic (exact) mass is 407 g/mol. The van der Waals surface area contributed by atoms with Crippen molar-refractivity contribution >= 4 is 16.7 Å². The number of hydrogen-bond acceptors (Lipinski definition) is 3. The number of aliphatic carboxylic acids is 1. The highest BCUT2D eigenvalue weighted by Crippen LogP contribution is 2.20. The first-order valence-electron chi connectivity index (χ1n) is 10.5. The van der Waals surface area contributed by atoms with Crippen molar-refractivity contribution in [3.8, 4) is 0 Å². The standard InChI is InChI=1S/C25H29NO4/c1-3-17-30-25(2,24(28)29)18-20-12-10-19(11-13-20)7-6-15-26-16-14-21-8-4-5-9-22(21)23(26)27/h4-5,8-14,16H,3,6-7,15,17-18H2,1-2H3,(H,28,29). The maximum Gasteiger partial charge on any atom is 0.336 e. The molecule has 0 saturated heterocycles. The Balaban J connectivity index is 1.59. The number of carbonyl (C=O) groups is 1. The van der Waals surface area contributed by atoms with Crippen LogP contribution < -0.4 is 5.56 Å². The van der Waals surface area contributed by atoms with Gasteiger partial charge < -0.3 is 14.4 Å². The number of fused-ring (bicyclic) bond motifs is 1. The summed E-state index contributed by atoms with van der Waals surface area (Å²) in [6, 6.07) is 17.6. The third kappa shape index (κ3) is 5.16. The number of aryl methyl sites for hydroxylation is 2. The number of ether oxygens (including phenoxy) is 1. The van der Waals surface area contributed by atoms with E-state index in [0.717, 1.165) is 35.6 Å². The maximum absolute atomic E-state index is 12.6. The molecule has 0 aliphatic rings. The van der Waals surface area contributed by atoms with Crippen LogP contribution in [0.3, 0.4) is 0 Å². The van der Waals surface area contributed by atoms with Gasteiger partial charge in [0.25, 0.3) is 5.56 Å². The van der Waals surface area contributed by atoms with Gasteiger partial charge in [0.05, 0.1) is 0 Å². The molecule has 1 N–H and O–H groups in total. The van der Waals surface area contributed by atoms with E-state index in [-0.39, 0.29) is 5.56 Å². The number of nitrogens with zero attached hydrogens (tertiary/aromatic N) is 1. The molecule has 0 aliphatic carbocycles. The van der Waals surface area contributed by atoms with Gasteiger partial charge in [-0.3, -0.25) is 4.79 Å². The minimum absolute atomic E-state index is 0.0449. The van der Waals surface area contributed by atoms with E-state index in [1.165, 1.54) is 5.56 Å². The predicted molar refractivity (Wildman–Crippen MR) is 119 cm³/mol. The molecule has 0 saturated carbocycles. The minimum atomic E-state index is -1.21. The van der Waals surface area contributed by atoms with Crippen molar-refractivity contribution in [2.45, 2.75) is 51.7 Å². The second-order valence-electron chi connectivity index (χ2n) is 7.88. The van der Waals surface area contributed by atoms with Crippen molar-refractivity contribution in [3.63, 3.8) is 0 Å². The summed E-state index contributed by atoms with van der Waals surface area (Å²) in [6.07, 6.45) is 4.67. The number of pyridine rings is 1. The van der Waals surface area contributed by atoms with Crippen molar-refractivity contribution in [2.24, 2.45) is 0 Å². The fourth-order valence-corrected chi connectivity index (χ4v) is 3.59. The highest BCUT2D eigenvalue weighted by atomic mass is 16.5. The molecule has 1 heterocycles. The van der Waals surface area contributed by atoms with Crippen LogP contribution in [0.25, 0.3) is 10.8 Å². The fourth-order valence-electron chi connectivity index (χ4n) is 3.59. The Morgan fingerprint density at radius 3 is 2.47 bits per heavy atom. The topological polar surface area (TPSA) is 68.5 Å². The fraction of sp³-hybridized carbons (Fsp3) is 0.360. The smallest absolute Gasteiger partial charge is 0.336 e. The summed E-state index contributed by atoms with van der Waals surface area (Å²) in [5, 5.41) is 11.2. The van der Waals surface area contributed by atoms with Gasteiger partial charge in [-0.05, 0) is 54.8 Å². The van der Waals surface area contributed by atoms with E-state index in [4.69, 9.17) is 4.74 Å². The average Bonchev–Trinajstić information content (AvgIpc) is 2.75. The predicted octanol–water partition coefficient (Wildman–Crippen LogP) is 4.45. The lowest BCUT2D eigenvalue weighted by Crippen LogP contribution is -2.40. The third-order valence-corrected chi connectivity index (χ3v) is 5.39. The molecule has 3 aromatic rings. The van der Waals surface area contributed by atoms with E-state index in [2.05, 4.69) is 0 Å². The van der Waals surface area contributed by atoms with Crippen molar-refractivity contribution in [3.05, 3.63) is 82.3 Å². The van der Waals surface area contributed by atoms with Gasteiger partial charge in [-0.1, -0.05) is 49.4 Å². The Hall–Kier alpha value is -2.92. The van der Waals surface area contributed by atoms with Crippen LogP contribution in [0.15, 0.2) is 65.6 Å². The molecule has 2 aromatic carbocycles. The number of aromatic nitrogens is 1. The highest BCUT2D eigenvalue weighted by molar-refractivity contribution is 5.81. The van der Waals surface area contributed by atoms with Crippen LogP contribution in [-0.2, 0) is 28.9 Å². The van der Waals surface area contributed by atoms with Gasteiger partial charge in [-0.2, -0.15) is 0 Å². The van der Waals surface area contributed by atoms with Crippen LogP contribution in [0.1, 0.15) is 37.8 Å². The summed E-state index contributed by atoms with van der Waals surface area (Å²) in [6.45, 7) is 4.67. The van der Waals surface area contributed by atoms with E-state index in [1.54, 1.807) is 11.5 Å². The lowest BCUT2D eigenvalue weighted by atomic mass is 9.95. The van der Waals surface area contributed by atoms with Gasteiger partial charge in [-0.15, -0.1) is 0 Å². The zero-order chi connectivity index (χ0) is 21.6. The Kier molecular flexibility index (Phi) is 7.06. The molecule has 158 valence electrons. The summed E-state index contributed by atoms with van der Waals surface area (Å²) >= 11 is 0. The van der Waals surface area contributed by atoms with Crippen molar-refractivity contribution in [1.29, 1.82) is 0 Å². The second kappa shape index (κ2) is 9.72. The maximum atomic E-state index is 12.6. The van der Waals surface area contributed by atoms with Crippen LogP contribution in [-0.4, -0.2) is 27.9 Å². The number of hydrogen-bond donors (Lipinski definition) is 1. The average molecular weight is 408 g/mol. The largest absolute Gasteiger partial charge is 0.479 e. The molecule has 0 radical (unpaired) electrons. The highest BCUT2D eigenvalue weighted by Gasteiger charge is 2.34. The van der Waals surface area contributed by atoms with Crippen LogP contribution in [0.5, 0.6) is 0 Å². The molecule has 1 unspecified atom stereocenters. The molecule has 0 amide bonds. The van der Waals surface area contributed by atoms with Gasteiger partial charge in [0.2, 0.25) is 0 Å². The normalized spacial score (nSPS) is 13.3. The number of carboxylic acid groups (broad SMARTS) is 1. The number of rotatable bonds is 10. The van der Waals surface area contributed by atoms with E-state index in [9.17, 15) is 14.7 Å². The lowest BCUT2D eigenvalue weighted by molar-refractivity contribution is -0.163. The number of carboxylic acids is 1. The van der Waals surface area contributed by atoms with Crippen LogP contribution in [0.2, 0.25) is 0 Å². The third-order valence-electron chi connectivity index (χ3n) is 5.39. The van der Waals surface area contributed by atoms with Crippen molar-refractivity contribution in [2.75, 3.05) is 6.61 Å². The van der Waals surface area contributed by atoms with Gasteiger partial charge in [0.1, 0.15) is 0 Å². The van der Waals surface area contributed by atoms with Gasteiger partial charge in [0.15, 0.2) is 5.60 Å². The van der Waals surface area contributed by atoms with Gasteiger partial charge in [-0.25, -0.2) is 4.79 Å². The quantitative estimate of drug-likeness (QED) is 0.539. The zero-order valence-electron chi connectivity index (χ0n) is 17.6. The Labute approximate surface area is 176 Å². The summed E-state index contributed by atoms with van der Waals surface area (Å²) in [7, 11) is 0. The van der Waals surface area contributed by atoms with Crippen LogP contribution in [0, 0.1) is 0 Å². The first kappa shape index (κ1) is 21.8. The first-order valence-corrected chi connectivity index (χ1v) is 10.5. The molecule has 5 heteroatoms. The summed E-state index contributed by atoms with van der Waals surface area (Å²) in [4.78, 5) is 24.2. The molecule has 3 rings (SSSR count). The Morgan fingerprint density at radius 1 is 1.07 bits per heavy atom. The summed E-state index contributed by atoms with van der Waals surface area (Å²) < 4.78 is 7.36. The Morgan fingerprint density at radius 2 is 1.77 bits per heavy atom. The van der Waals surface area contributed by atoms with Gasteiger partial charge in [0, 0.05) is 31.2 Å². The number of benzene rings is 2. The first-order chi connectivity index (χ1) is 14.4. The van der Waals surface area contributed by atoms with Crippen LogP contribution >= 0.6 is 0 Å². The van der Waals surface area contributed by atoms with E-state index >= 15 is 0 Å².